The molecule has 20 heavy (non-hydrogen) atoms. The minimum absolute atomic E-state index is 0.167. The van der Waals surface area contributed by atoms with Gasteiger partial charge in [0.05, 0.1) is 12.1 Å². The summed E-state index contributed by atoms with van der Waals surface area (Å²) in [5.74, 6) is 0.167. The van der Waals surface area contributed by atoms with Crippen molar-refractivity contribution in [3.8, 4) is 0 Å². The minimum atomic E-state index is 0.167. The number of amides is 1. The Bertz CT molecular complexity index is 617. The fourth-order valence-corrected chi connectivity index (χ4v) is 2.40. The van der Waals surface area contributed by atoms with Gasteiger partial charge in [-0.15, -0.1) is 0 Å². The molecule has 0 bridgehead atoms. The molecule has 104 valence electrons. The van der Waals surface area contributed by atoms with E-state index in [9.17, 15) is 4.79 Å². The molecule has 0 atom stereocenters. The van der Waals surface area contributed by atoms with Gasteiger partial charge < -0.3 is 10.2 Å². The normalized spacial score (nSPS) is 14.4. The molecule has 1 amide bonds. The second-order valence-corrected chi connectivity index (χ2v) is 5.33. The monoisotopic (exact) mass is 269 g/mol. The smallest absolute Gasteiger partial charge is 0.236 e. The Morgan fingerprint density at radius 3 is 2.95 bits per heavy atom. The van der Waals surface area contributed by atoms with Gasteiger partial charge in [0.1, 0.15) is 0 Å². The third-order valence-corrected chi connectivity index (χ3v) is 3.80. The lowest BCUT2D eigenvalue weighted by Crippen LogP contribution is -2.36. The molecule has 1 heterocycles. The number of fused-ring (bicyclic) bond motifs is 1. The van der Waals surface area contributed by atoms with Crippen molar-refractivity contribution in [2.75, 3.05) is 13.6 Å². The van der Waals surface area contributed by atoms with Crippen LogP contribution in [0.1, 0.15) is 18.4 Å². The van der Waals surface area contributed by atoms with E-state index in [0.717, 1.165) is 29.3 Å². The molecule has 4 nitrogen and oxygen atoms in total. The zero-order valence-electron chi connectivity index (χ0n) is 11.7. The number of para-hydroxylation sites is 1. The second kappa shape index (κ2) is 5.59. The molecule has 1 aromatic carbocycles. The fraction of sp³-hybridized carbons (Fsp3) is 0.375. The van der Waals surface area contributed by atoms with E-state index in [0.29, 0.717) is 19.1 Å². The SMILES string of the molecule is CN(C(=O)CNCc1cccc2cccnc12)C1CC1. The third-order valence-electron chi connectivity index (χ3n) is 3.80. The lowest BCUT2D eigenvalue weighted by atomic mass is 10.1. The standard InChI is InChI=1S/C16H19N3O/c1-19(14-7-8-14)15(20)11-17-10-13-5-2-4-12-6-3-9-18-16(12)13/h2-6,9,14,17H,7-8,10-11H2,1H3. The number of nitrogens with one attached hydrogen (secondary N) is 1. The lowest BCUT2D eigenvalue weighted by Gasteiger charge is -2.16. The van der Waals surface area contributed by atoms with Crippen molar-refractivity contribution in [2.24, 2.45) is 0 Å². The van der Waals surface area contributed by atoms with Gasteiger partial charge >= 0.3 is 0 Å². The predicted octanol–water partition coefficient (Wildman–Crippen LogP) is 1.95. The van der Waals surface area contributed by atoms with Gasteiger partial charge in [0.25, 0.3) is 0 Å². The highest BCUT2D eigenvalue weighted by Gasteiger charge is 2.28. The van der Waals surface area contributed by atoms with Gasteiger partial charge in [0.2, 0.25) is 5.91 Å². The van der Waals surface area contributed by atoms with Crippen molar-refractivity contribution < 1.29 is 4.79 Å². The Morgan fingerprint density at radius 1 is 1.35 bits per heavy atom. The van der Waals surface area contributed by atoms with Gasteiger partial charge in [-0.25, -0.2) is 0 Å². The van der Waals surface area contributed by atoms with E-state index < -0.39 is 0 Å². The third kappa shape index (κ3) is 2.80. The Morgan fingerprint density at radius 2 is 2.15 bits per heavy atom. The van der Waals surface area contributed by atoms with E-state index in [-0.39, 0.29) is 5.91 Å². The Kier molecular flexibility index (Phi) is 3.65. The molecule has 0 saturated heterocycles. The highest BCUT2D eigenvalue weighted by atomic mass is 16.2. The number of pyridine rings is 1. The lowest BCUT2D eigenvalue weighted by molar-refractivity contribution is -0.129. The number of aromatic nitrogens is 1. The van der Waals surface area contributed by atoms with Gasteiger partial charge in [-0.3, -0.25) is 9.78 Å². The molecule has 3 rings (SSSR count). The Labute approximate surface area is 118 Å². The van der Waals surface area contributed by atoms with E-state index in [1.54, 1.807) is 6.20 Å². The summed E-state index contributed by atoms with van der Waals surface area (Å²) in [5.41, 5.74) is 2.13. The maximum atomic E-state index is 11.9. The number of carbonyl (C=O) groups excluding carboxylic acids is 1. The van der Waals surface area contributed by atoms with Crippen LogP contribution in [0.25, 0.3) is 10.9 Å². The van der Waals surface area contributed by atoms with Crippen LogP contribution < -0.4 is 5.32 Å². The van der Waals surface area contributed by atoms with Crippen molar-refractivity contribution in [2.45, 2.75) is 25.4 Å². The highest BCUT2D eigenvalue weighted by molar-refractivity contribution is 5.81. The Hall–Kier alpha value is -1.94. The molecule has 1 aliphatic rings. The number of benzene rings is 1. The quantitative estimate of drug-likeness (QED) is 0.902. The van der Waals surface area contributed by atoms with Gasteiger partial charge in [-0.2, -0.15) is 0 Å². The summed E-state index contributed by atoms with van der Waals surface area (Å²) in [7, 11) is 1.89. The second-order valence-electron chi connectivity index (χ2n) is 5.33. The number of hydrogen-bond acceptors (Lipinski definition) is 3. The van der Waals surface area contributed by atoms with Crippen LogP contribution in [0.5, 0.6) is 0 Å². The molecule has 0 unspecified atom stereocenters. The first kappa shape index (κ1) is 13.1. The Balaban J connectivity index is 1.61. The van der Waals surface area contributed by atoms with Crippen LogP contribution in [-0.4, -0.2) is 35.4 Å². The number of nitrogens with zero attached hydrogens (tertiary/aromatic N) is 2. The minimum Gasteiger partial charge on any atom is -0.342 e. The highest BCUT2D eigenvalue weighted by Crippen LogP contribution is 2.25. The van der Waals surface area contributed by atoms with E-state index in [2.05, 4.69) is 28.5 Å². The number of likely N-dealkylation sites (N-methyl/N-ethyl adjacent to an activating group) is 1. The van der Waals surface area contributed by atoms with Crippen LogP contribution in [-0.2, 0) is 11.3 Å². The molecule has 0 radical (unpaired) electrons. The van der Waals surface area contributed by atoms with Crippen molar-refractivity contribution >= 4 is 16.8 Å². The van der Waals surface area contributed by atoms with Crippen molar-refractivity contribution in [1.82, 2.24) is 15.2 Å². The zero-order chi connectivity index (χ0) is 13.9. The summed E-state index contributed by atoms with van der Waals surface area (Å²) in [6.45, 7) is 1.05. The van der Waals surface area contributed by atoms with E-state index in [1.807, 2.05) is 24.1 Å². The largest absolute Gasteiger partial charge is 0.342 e. The molecule has 1 aromatic heterocycles. The average Bonchev–Trinajstić information content (AvgIpc) is 3.31. The van der Waals surface area contributed by atoms with Crippen molar-refractivity contribution in [3.05, 3.63) is 42.1 Å². The van der Waals surface area contributed by atoms with E-state index in [4.69, 9.17) is 0 Å². The first-order valence-corrected chi connectivity index (χ1v) is 7.05. The molecule has 1 N–H and O–H groups in total. The van der Waals surface area contributed by atoms with Gasteiger partial charge in [0.15, 0.2) is 0 Å². The van der Waals surface area contributed by atoms with Gasteiger partial charge in [0, 0.05) is 31.2 Å². The molecule has 4 heteroatoms. The van der Waals surface area contributed by atoms with Crippen molar-refractivity contribution in [3.63, 3.8) is 0 Å². The summed E-state index contributed by atoms with van der Waals surface area (Å²) < 4.78 is 0. The summed E-state index contributed by atoms with van der Waals surface area (Å²) in [6.07, 6.45) is 4.10. The van der Waals surface area contributed by atoms with Crippen molar-refractivity contribution in [1.29, 1.82) is 0 Å². The zero-order valence-corrected chi connectivity index (χ0v) is 11.7. The summed E-state index contributed by atoms with van der Waals surface area (Å²) in [5, 5.41) is 4.36. The van der Waals surface area contributed by atoms with E-state index >= 15 is 0 Å². The summed E-state index contributed by atoms with van der Waals surface area (Å²) >= 11 is 0. The molecular weight excluding hydrogens is 250 g/mol. The molecular formula is C16H19N3O. The number of rotatable bonds is 5. The van der Waals surface area contributed by atoms with Crippen LogP contribution in [0.4, 0.5) is 0 Å². The maximum Gasteiger partial charge on any atom is 0.236 e. The molecule has 1 saturated carbocycles. The number of carbonyl (C=O) groups is 1. The van der Waals surface area contributed by atoms with Crippen LogP contribution in [0.3, 0.4) is 0 Å². The topological polar surface area (TPSA) is 45.2 Å². The van der Waals surface area contributed by atoms with E-state index in [1.165, 1.54) is 0 Å². The molecule has 0 spiro atoms. The molecule has 1 fully saturated rings. The van der Waals surface area contributed by atoms with Crippen LogP contribution in [0.2, 0.25) is 0 Å². The molecule has 2 aromatic rings. The van der Waals surface area contributed by atoms with Gasteiger partial charge in [-0.1, -0.05) is 24.3 Å². The average molecular weight is 269 g/mol. The first-order chi connectivity index (χ1) is 9.75. The van der Waals surface area contributed by atoms with Crippen LogP contribution in [0.15, 0.2) is 36.5 Å². The number of hydrogen-bond donors (Lipinski definition) is 1. The van der Waals surface area contributed by atoms with Crippen LogP contribution >= 0.6 is 0 Å². The predicted molar refractivity (Wildman–Crippen MR) is 79.2 cm³/mol. The maximum absolute atomic E-state index is 11.9. The van der Waals surface area contributed by atoms with Crippen LogP contribution in [0, 0.1) is 0 Å². The summed E-state index contributed by atoms with van der Waals surface area (Å²) in [6, 6.07) is 10.6. The fourth-order valence-electron chi connectivity index (χ4n) is 2.40. The molecule has 1 aliphatic carbocycles. The molecule has 0 aliphatic heterocycles. The van der Waals surface area contributed by atoms with Gasteiger partial charge in [-0.05, 0) is 24.5 Å². The summed E-state index contributed by atoms with van der Waals surface area (Å²) in [4.78, 5) is 18.2. The first-order valence-electron chi connectivity index (χ1n) is 7.05.